The van der Waals surface area contributed by atoms with E-state index in [0.29, 0.717) is 26.2 Å². The summed E-state index contributed by atoms with van der Waals surface area (Å²) in [6.07, 6.45) is 0.676. The van der Waals surface area contributed by atoms with Gasteiger partial charge in [0.05, 0.1) is 13.2 Å². The Hall–Kier alpha value is -0.810. The van der Waals surface area contributed by atoms with Crippen molar-refractivity contribution in [1.29, 1.82) is 0 Å². The Kier molecular flexibility index (Phi) is 9.69. The first-order valence-corrected chi connectivity index (χ1v) is 5.92. The maximum atomic E-state index is 8.85. The minimum absolute atomic E-state index is 0. The first-order chi connectivity index (χ1) is 8.26. The molecule has 0 aromatic heterocycles. The van der Waals surface area contributed by atoms with Crippen molar-refractivity contribution < 1.29 is 14.6 Å². The van der Waals surface area contributed by atoms with E-state index in [4.69, 9.17) is 20.3 Å². The number of hydrogen-bond donors (Lipinski definition) is 2. The average molecular weight is 276 g/mol. The zero-order chi connectivity index (χ0) is 12.5. The van der Waals surface area contributed by atoms with Crippen molar-refractivity contribution in [1.82, 2.24) is 0 Å². The second-order valence-corrected chi connectivity index (χ2v) is 3.84. The molecule has 1 aromatic carbocycles. The lowest BCUT2D eigenvalue weighted by atomic mass is 10.1. The second kappa shape index (κ2) is 10.1. The van der Waals surface area contributed by atoms with Crippen molar-refractivity contribution in [2.24, 2.45) is 5.73 Å². The molecule has 4 nitrogen and oxygen atoms in total. The molecule has 0 saturated heterocycles. The third kappa shape index (κ3) is 6.81. The van der Waals surface area contributed by atoms with Crippen molar-refractivity contribution in [3.63, 3.8) is 0 Å². The Labute approximate surface area is 115 Å². The summed E-state index contributed by atoms with van der Waals surface area (Å²) >= 11 is 0. The van der Waals surface area contributed by atoms with Gasteiger partial charge in [0.25, 0.3) is 0 Å². The molecule has 0 heterocycles. The summed E-state index contributed by atoms with van der Waals surface area (Å²) < 4.78 is 10.7. The molecule has 5 heteroatoms. The number of benzene rings is 1. The Bertz CT molecular complexity index is 306. The van der Waals surface area contributed by atoms with Crippen LogP contribution in [0.15, 0.2) is 24.3 Å². The Morgan fingerprint density at radius 3 is 2.44 bits per heavy atom. The highest BCUT2D eigenvalue weighted by atomic mass is 35.5. The van der Waals surface area contributed by atoms with E-state index >= 15 is 0 Å². The predicted octanol–water partition coefficient (Wildman–Crippen LogP) is 1.39. The molecule has 0 amide bonds. The summed E-state index contributed by atoms with van der Waals surface area (Å²) in [6, 6.07) is 7.55. The molecule has 1 aromatic rings. The van der Waals surface area contributed by atoms with Gasteiger partial charge in [0.15, 0.2) is 0 Å². The molecule has 1 atom stereocenters. The number of halogens is 1. The van der Waals surface area contributed by atoms with Crippen LogP contribution >= 0.6 is 12.4 Å². The van der Waals surface area contributed by atoms with E-state index in [0.717, 1.165) is 11.3 Å². The molecule has 0 spiro atoms. The largest absolute Gasteiger partial charge is 0.491 e. The quantitative estimate of drug-likeness (QED) is 0.704. The molecule has 0 saturated carbocycles. The monoisotopic (exact) mass is 275 g/mol. The lowest BCUT2D eigenvalue weighted by Crippen LogP contribution is -2.26. The molecule has 0 aliphatic rings. The van der Waals surface area contributed by atoms with E-state index in [1.165, 1.54) is 0 Å². The van der Waals surface area contributed by atoms with E-state index in [9.17, 15) is 0 Å². The maximum absolute atomic E-state index is 8.85. The zero-order valence-electron chi connectivity index (χ0n) is 10.7. The van der Waals surface area contributed by atoms with Crippen molar-refractivity contribution >= 4 is 12.4 Å². The van der Waals surface area contributed by atoms with Crippen LogP contribution in [-0.4, -0.2) is 37.6 Å². The van der Waals surface area contributed by atoms with Gasteiger partial charge in [-0.05, 0) is 31.0 Å². The molecule has 104 valence electrons. The van der Waals surface area contributed by atoms with E-state index in [-0.39, 0.29) is 25.1 Å². The predicted molar refractivity (Wildman–Crippen MR) is 74.4 cm³/mol. The van der Waals surface area contributed by atoms with Gasteiger partial charge in [-0.25, -0.2) is 0 Å². The number of ether oxygens (including phenoxy) is 2. The summed E-state index contributed by atoms with van der Waals surface area (Å²) in [7, 11) is 0. The van der Waals surface area contributed by atoms with Crippen molar-refractivity contribution in [3.05, 3.63) is 29.8 Å². The van der Waals surface area contributed by atoms with Crippen LogP contribution in [0.2, 0.25) is 0 Å². The second-order valence-electron chi connectivity index (χ2n) is 3.84. The molecule has 0 radical (unpaired) electrons. The maximum Gasteiger partial charge on any atom is 0.119 e. The van der Waals surface area contributed by atoms with Gasteiger partial charge in [-0.1, -0.05) is 12.1 Å². The Morgan fingerprint density at radius 2 is 1.89 bits per heavy atom. The molecule has 0 unspecified atom stereocenters. The van der Waals surface area contributed by atoms with Crippen LogP contribution in [0.1, 0.15) is 12.5 Å². The summed E-state index contributed by atoms with van der Waals surface area (Å²) in [4.78, 5) is 0. The summed E-state index contributed by atoms with van der Waals surface area (Å²) in [6.45, 7) is 3.84. The van der Waals surface area contributed by atoms with Gasteiger partial charge in [0.2, 0.25) is 0 Å². The summed E-state index contributed by atoms with van der Waals surface area (Å²) in [5.74, 6) is 0.825. The fraction of sp³-hybridized carbons (Fsp3) is 0.538. The third-order valence-electron chi connectivity index (χ3n) is 2.36. The van der Waals surface area contributed by atoms with Crippen LogP contribution in [0.25, 0.3) is 0 Å². The fourth-order valence-electron chi connectivity index (χ4n) is 1.45. The molecule has 0 bridgehead atoms. The topological polar surface area (TPSA) is 64.7 Å². The normalized spacial score (nSPS) is 11.7. The van der Waals surface area contributed by atoms with Crippen LogP contribution in [-0.2, 0) is 11.2 Å². The van der Waals surface area contributed by atoms with Gasteiger partial charge in [-0.2, -0.15) is 0 Å². The van der Waals surface area contributed by atoms with E-state index in [2.05, 4.69) is 0 Å². The SMILES string of the molecule is CCOCCOc1ccc(C[C@H](N)CO)cc1.Cl. The van der Waals surface area contributed by atoms with Gasteiger partial charge in [0.1, 0.15) is 12.4 Å². The van der Waals surface area contributed by atoms with Crippen molar-refractivity contribution in [2.45, 2.75) is 19.4 Å². The molecule has 3 N–H and O–H groups in total. The van der Waals surface area contributed by atoms with E-state index in [1.807, 2.05) is 31.2 Å². The van der Waals surface area contributed by atoms with Gasteiger partial charge in [-0.3, -0.25) is 0 Å². The number of nitrogens with two attached hydrogens (primary N) is 1. The number of rotatable bonds is 8. The van der Waals surface area contributed by atoms with Gasteiger partial charge in [-0.15, -0.1) is 12.4 Å². The average Bonchev–Trinajstić information content (AvgIpc) is 2.36. The van der Waals surface area contributed by atoms with Gasteiger partial charge < -0.3 is 20.3 Å². The van der Waals surface area contributed by atoms with E-state index in [1.54, 1.807) is 0 Å². The number of aliphatic hydroxyl groups is 1. The molecule has 0 aliphatic heterocycles. The third-order valence-corrected chi connectivity index (χ3v) is 2.36. The smallest absolute Gasteiger partial charge is 0.119 e. The first-order valence-electron chi connectivity index (χ1n) is 5.92. The number of aliphatic hydroxyl groups excluding tert-OH is 1. The summed E-state index contributed by atoms with van der Waals surface area (Å²) in [5.41, 5.74) is 6.76. The standard InChI is InChI=1S/C13H21NO3.ClH/c1-2-16-7-8-17-13-5-3-11(4-6-13)9-12(14)10-15;/h3-6,12,15H,2,7-10,14H2,1H3;1H/t12-;/m0./s1. The van der Waals surface area contributed by atoms with E-state index < -0.39 is 0 Å². The molecule has 1 rings (SSSR count). The van der Waals surface area contributed by atoms with Crippen LogP contribution < -0.4 is 10.5 Å². The molecular weight excluding hydrogens is 254 g/mol. The highest BCUT2D eigenvalue weighted by Gasteiger charge is 2.02. The summed E-state index contributed by atoms with van der Waals surface area (Å²) in [5, 5.41) is 8.85. The minimum Gasteiger partial charge on any atom is -0.491 e. The van der Waals surface area contributed by atoms with Crippen LogP contribution in [0.4, 0.5) is 0 Å². The lowest BCUT2D eigenvalue weighted by Gasteiger charge is -2.09. The van der Waals surface area contributed by atoms with Crippen LogP contribution in [0.3, 0.4) is 0 Å². The van der Waals surface area contributed by atoms with Crippen molar-refractivity contribution in [2.75, 3.05) is 26.4 Å². The molecule has 18 heavy (non-hydrogen) atoms. The van der Waals surface area contributed by atoms with Crippen LogP contribution in [0.5, 0.6) is 5.75 Å². The highest BCUT2D eigenvalue weighted by Crippen LogP contribution is 2.13. The Morgan fingerprint density at radius 1 is 1.22 bits per heavy atom. The molecule has 0 aliphatic carbocycles. The highest BCUT2D eigenvalue weighted by molar-refractivity contribution is 5.85. The van der Waals surface area contributed by atoms with Gasteiger partial charge in [0, 0.05) is 12.6 Å². The van der Waals surface area contributed by atoms with Crippen molar-refractivity contribution in [3.8, 4) is 5.75 Å². The molecular formula is C13H22ClNO3. The van der Waals surface area contributed by atoms with Crippen LogP contribution in [0, 0.1) is 0 Å². The Balaban J connectivity index is 0.00000289. The lowest BCUT2D eigenvalue weighted by molar-refractivity contribution is 0.110. The number of hydrogen-bond acceptors (Lipinski definition) is 4. The molecule has 0 fully saturated rings. The minimum atomic E-state index is -0.195. The van der Waals surface area contributed by atoms with Gasteiger partial charge >= 0.3 is 0 Å². The zero-order valence-corrected chi connectivity index (χ0v) is 11.5. The fourth-order valence-corrected chi connectivity index (χ4v) is 1.45. The first kappa shape index (κ1) is 17.2.